The Morgan fingerprint density at radius 2 is 2.33 bits per heavy atom. The summed E-state index contributed by atoms with van der Waals surface area (Å²) < 4.78 is 1.72. The van der Waals surface area contributed by atoms with Crippen LogP contribution in [0.4, 0.5) is 0 Å². The number of hydrogen-bond donors (Lipinski definition) is 2. The molecule has 1 heterocycles. The van der Waals surface area contributed by atoms with Crippen LogP contribution < -0.4 is 5.32 Å². The normalized spacial score (nSPS) is 12.1. The number of aryl methyl sites for hydroxylation is 1. The molecule has 6 heteroatoms. The third-order valence-corrected chi connectivity index (χ3v) is 1.85. The van der Waals surface area contributed by atoms with Crippen LogP contribution in [0, 0.1) is 0 Å². The monoisotopic (exact) mass is 211 g/mol. The number of carboxylic acids is 1. The van der Waals surface area contributed by atoms with Crippen molar-refractivity contribution >= 4 is 11.9 Å². The summed E-state index contributed by atoms with van der Waals surface area (Å²) in [5.74, 6) is -1.42. The van der Waals surface area contributed by atoms with Crippen LogP contribution >= 0.6 is 0 Å². The lowest BCUT2D eigenvalue weighted by Gasteiger charge is -2.11. The van der Waals surface area contributed by atoms with Gasteiger partial charge < -0.3 is 15.0 Å². The number of amides is 1. The predicted molar refractivity (Wildman–Crippen MR) is 52.2 cm³/mol. The SMILES string of the molecule is CC(=O)NC(Cc1cn(C)cn1)C(=O)O. The largest absolute Gasteiger partial charge is 0.480 e. The summed E-state index contributed by atoms with van der Waals surface area (Å²) in [4.78, 5) is 25.5. The molecule has 1 atom stereocenters. The summed E-state index contributed by atoms with van der Waals surface area (Å²) in [5, 5.41) is 11.2. The summed E-state index contributed by atoms with van der Waals surface area (Å²) >= 11 is 0. The smallest absolute Gasteiger partial charge is 0.326 e. The van der Waals surface area contributed by atoms with Crippen LogP contribution in [0.25, 0.3) is 0 Å². The second-order valence-corrected chi connectivity index (χ2v) is 3.33. The van der Waals surface area contributed by atoms with Gasteiger partial charge in [-0.3, -0.25) is 4.79 Å². The van der Waals surface area contributed by atoms with Crippen molar-refractivity contribution in [3.05, 3.63) is 18.2 Å². The minimum atomic E-state index is -1.06. The Kier molecular flexibility index (Phi) is 3.43. The van der Waals surface area contributed by atoms with E-state index < -0.39 is 12.0 Å². The first-order valence-corrected chi connectivity index (χ1v) is 4.46. The second-order valence-electron chi connectivity index (χ2n) is 3.33. The maximum Gasteiger partial charge on any atom is 0.326 e. The molecule has 0 aliphatic heterocycles. The van der Waals surface area contributed by atoms with Crippen LogP contribution in [0.3, 0.4) is 0 Å². The van der Waals surface area contributed by atoms with E-state index >= 15 is 0 Å². The topological polar surface area (TPSA) is 84.2 Å². The third-order valence-electron chi connectivity index (χ3n) is 1.85. The maximum absolute atomic E-state index is 10.8. The molecule has 0 fully saturated rings. The number of hydrogen-bond acceptors (Lipinski definition) is 3. The summed E-state index contributed by atoms with van der Waals surface area (Å²) in [6.45, 7) is 1.29. The Labute approximate surface area is 86.9 Å². The van der Waals surface area contributed by atoms with Gasteiger partial charge in [-0.2, -0.15) is 0 Å². The standard InChI is InChI=1S/C9H13N3O3/c1-6(13)11-8(9(14)15)3-7-4-12(2)5-10-7/h4-5,8H,3H2,1-2H3,(H,11,13)(H,14,15). The Morgan fingerprint density at radius 3 is 2.73 bits per heavy atom. The van der Waals surface area contributed by atoms with E-state index in [4.69, 9.17) is 5.11 Å². The van der Waals surface area contributed by atoms with Gasteiger partial charge >= 0.3 is 5.97 Å². The number of carboxylic acid groups (broad SMARTS) is 1. The van der Waals surface area contributed by atoms with Crippen molar-refractivity contribution in [1.29, 1.82) is 0 Å². The maximum atomic E-state index is 10.8. The molecule has 82 valence electrons. The van der Waals surface area contributed by atoms with Crippen LogP contribution in [0.15, 0.2) is 12.5 Å². The number of aromatic nitrogens is 2. The Bertz CT molecular complexity index is 372. The molecule has 6 nitrogen and oxygen atoms in total. The van der Waals surface area contributed by atoms with Gasteiger partial charge in [0.1, 0.15) is 6.04 Å². The summed E-state index contributed by atoms with van der Waals surface area (Å²) in [6, 6.07) is -0.919. The first-order chi connectivity index (χ1) is 6.99. The number of carbonyl (C=O) groups excluding carboxylic acids is 1. The van der Waals surface area contributed by atoms with Crippen LogP contribution in [-0.4, -0.2) is 32.6 Å². The van der Waals surface area contributed by atoms with Crippen molar-refractivity contribution in [3.63, 3.8) is 0 Å². The van der Waals surface area contributed by atoms with Gasteiger partial charge in [-0.15, -0.1) is 0 Å². The van der Waals surface area contributed by atoms with E-state index in [2.05, 4.69) is 10.3 Å². The molecule has 0 aliphatic rings. The van der Waals surface area contributed by atoms with E-state index in [1.165, 1.54) is 6.92 Å². The van der Waals surface area contributed by atoms with Gasteiger partial charge in [-0.25, -0.2) is 9.78 Å². The summed E-state index contributed by atoms with van der Waals surface area (Å²) in [5.41, 5.74) is 0.638. The fraction of sp³-hybridized carbons (Fsp3) is 0.444. The van der Waals surface area contributed by atoms with Crippen LogP contribution in [0.2, 0.25) is 0 Å². The Morgan fingerprint density at radius 1 is 1.67 bits per heavy atom. The second kappa shape index (κ2) is 4.59. The van der Waals surface area contributed by atoms with Crippen LogP contribution in [-0.2, 0) is 23.1 Å². The molecular formula is C9H13N3O3. The number of carbonyl (C=O) groups is 2. The molecule has 0 radical (unpaired) electrons. The van der Waals surface area contributed by atoms with Gasteiger partial charge in [0.15, 0.2) is 0 Å². The lowest BCUT2D eigenvalue weighted by atomic mass is 10.1. The molecule has 0 saturated carbocycles. The van der Waals surface area contributed by atoms with Crippen molar-refractivity contribution in [1.82, 2.24) is 14.9 Å². The number of nitrogens with zero attached hydrogens (tertiary/aromatic N) is 2. The highest BCUT2D eigenvalue weighted by atomic mass is 16.4. The van der Waals surface area contributed by atoms with Gasteiger partial charge in [0.05, 0.1) is 12.0 Å². The zero-order chi connectivity index (χ0) is 11.4. The molecule has 0 bridgehead atoms. The highest BCUT2D eigenvalue weighted by Gasteiger charge is 2.19. The highest BCUT2D eigenvalue weighted by Crippen LogP contribution is 2.00. The van der Waals surface area contributed by atoms with Crippen molar-refractivity contribution < 1.29 is 14.7 Å². The van der Waals surface area contributed by atoms with Crippen LogP contribution in [0.5, 0.6) is 0 Å². The molecule has 0 spiro atoms. The fourth-order valence-corrected chi connectivity index (χ4v) is 1.23. The molecule has 1 amide bonds. The number of nitrogens with one attached hydrogen (secondary N) is 1. The number of aliphatic carboxylic acids is 1. The van der Waals surface area contributed by atoms with E-state index in [1.54, 1.807) is 24.1 Å². The lowest BCUT2D eigenvalue weighted by Crippen LogP contribution is -2.41. The third kappa shape index (κ3) is 3.41. The molecule has 0 aliphatic carbocycles. The van der Waals surface area contributed by atoms with Crippen molar-refractivity contribution in [3.8, 4) is 0 Å². The summed E-state index contributed by atoms with van der Waals surface area (Å²) in [7, 11) is 1.80. The number of imidazole rings is 1. The van der Waals surface area contributed by atoms with E-state index in [0.717, 1.165) is 0 Å². The van der Waals surface area contributed by atoms with Crippen molar-refractivity contribution in [2.75, 3.05) is 0 Å². The van der Waals surface area contributed by atoms with Crippen LogP contribution in [0.1, 0.15) is 12.6 Å². The first kappa shape index (κ1) is 11.2. The molecule has 1 aromatic heterocycles. The minimum Gasteiger partial charge on any atom is -0.480 e. The molecule has 0 aromatic carbocycles. The molecule has 1 unspecified atom stereocenters. The quantitative estimate of drug-likeness (QED) is 0.706. The van der Waals surface area contributed by atoms with Gasteiger partial charge in [0, 0.05) is 26.6 Å². The minimum absolute atomic E-state index is 0.190. The van der Waals surface area contributed by atoms with Gasteiger partial charge in [-0.05, 0) is 0 Å². The van der Waals surface area contributed by atoms with Crippen molar-refractivity contribution in [2.24, 2.45) is 7.05 Å². The predicted octanol–water partition coefficient (Wildman–Crippen LogP) is -0.448. The molecular weight excluding hydrogens is 198 g/mol. The average molecular weight is 211 g/mol. The molecule has 15 heavy (non-hydrogen) atoms. The Hall–Kier alpha value is -1.85. The van der Waals surface area contributed by atoms with Gasteiger partial charge in [-0.1, -0.05) is 0 Å². The molecule has 2 N–H and O–H groups in total. The summed E-state index contributed by atoms with van der Waals surface area (Å²) in [6.07, 6.45) is 3.50. The van der Waals surface area contributed by atoms with E-state index in [1.807, 2.05) is 0 Å². The van der Waals surface area contributed by atoms with E-state index in [9.17, 15) is 9.59 Å². The average Bonchev–Trinajstić information content (AvgIpc) is 2.49. The van der Waals surface area contributed by atoms with E-state index in [-0.39, 0.29) is 12.3 Å². The first-order valence-electron chi connectivity index (χ1n) is 4.46. The fourth-order valence-electron chi connectivity index (χ4n) is 1.23. The Balaban J connectivity index is 2.66. The molecule has 1 rings (SSSR count). The van der Waals surface area contributed by atoms with Crippen molar-refractivity contribution in [2.45, 2.75) is 19.4 Å². The van der Waals surface area contributed by atoms with Gasteiger partial charge in [0.2, 0.25) is 5.91 Å². The lowest BCUT2D eigenvalue weighted by molar-refractivity contribution is -0.141. The molecule has 0 saturated heterocycles. The van der Waals surface area contributed by atoms with Gasteiger partial charge in [0.25, 0.3) is 0 Å². The highest BCUT2D eigenvalue weighted by molar-refractivity contribution is 5.82. The molecule has 1 aromatic rings. The number of rotatable bonds is 4. The van der Waals surface area contributed by atoms with E-state index in [0.29, 0.717) is 5.69 Å². The zero-order valence-electron chi connectivity index (χ0n) is 8.60. The zero-order valence-corrected chi connectivity index (χ0v) is 8.60.